The topological polar surface area (TPSA) is 124 Å². The van der Waals surface area contributed by atoms with E-state index >= 15 is 0 Å². The zero-order valence-corrected chi connectivity index (χ0v) is 21.8. The number of carboxylic acid groups (broad SMARTS) is 2. The lowest BCUT2D eigenvalue weighted by Crippen LogP contribution is -2.35. The predicted molar refractivity (Wildman–Crippen MR) is 139 cm³/mol. The molecule has 1 aliphatic heterocycles. The van der Waals surface area contributed by atoms with Gasteiger partial charge >= 0.3 is 18.1 Å². The van der Waals surface area contributed by atoms with Gasteiger partial charge in [0.05, 0.1) is 16.1 Å². The fraction of sp³-hybridized carbons (Fsp3) is 0.259. The Bertz CT molecular complexity index is 1440. The third-order valence-electron chi connectivity index (χ3n) is 6.15. The first-order valence-electron chi connectivity index (χ1n) is 12.0. The number of sulfonamides is 1. The molecule has 0 saturated carbocycles. The molecule has 1 fully saturated rings. The van der Waals surface area contributed by atoms with Crippen molar-refractivity contribution in [1.29, 1.82) is 0 Å². The van der Waals surface area contributed by atoms with E-state index in [2.05, 4.69) is 16.9 Å². The Morgan fingerprint density at radius 2 is 1.55 bits per heavy atom. The van der Waals surface area contributed by atoms with Crippen molar-refractivity contribution in [2.45, 2.75) is 30.3 Å². The molecular formula is C27H26F4N2O6S. The van der Waals surface area contributed by atoms with Crippen LogP contribution >= 0.6 is 0 Å². The van der Waals surface area contributed by atoms with Crippen molar-refractivity contribution < 1.29 is 45.8 Å². The number of rotatable bonds is 7. The number of aromatic carboxylic acids is 1. The van der Waals surface area contributed by atoms with Crippen LogP contribution in [-0.2, 0) is 21.2 Å². The highest BCUT2D eigenvalue weighted by molar-refractivity contribution is 7.92. The van der Waals surface area contributed by atoms with Crippen LogP contribution in [0.1, 0.15) is 28.8 Å². The minimum Gasteiger partial charge on any atom is -0.478 e. The summed E-state index contributed by atoms with van der Waals surface area (Å²) in [6.45, 7) is 1.46. The van der Waals surface area contributed by atoms with Gasteiger partial charge in [-0.05, 0) is 67.1 Å². The molecule has 1 aliphatic rings. The molecule has 3 aromatic carbocycles. The van der Waals surface area contributed by atoms with Crippen LogP contribution in [0.4, 0.5) is 28.9 Å². The standard InChI is InChI=1S/C25H25FN2O4S.C2HF3O2/c26-20-7-4-8-22(16-20)33(31,32)27-21-9-10-24(23(17-21)25(29)30)28-13-11-19(12-14-28)15-18-5-2-1-3-6-18;3-2(4,5)1(6)7/h1-10,16-17,19,27H,11-15H2,(H,29,30);(H,6,7). The van der Waals surface area contributed by atoms with E-state index in [1.54, 1.807) is 6.07 Å². The summed E-state index contributed by atoms with van der Waals surface area (Å²) >= 11 is 0. The van der Waals surface area contributed by atoms with Gasteiger partial charge < -0.3 is 15.1 Å². The summed E-state index contributed by atoms with van der Waals surface area (Å²) in [5, 5.41) is 16.9. The zero-order valence-electron chi connectivity index (χ0n) is 20.9. The van der Waals surface area contributed by atoms with Crippen molar-refractivity contribution in [3.8, 4) is 0 Å². The normalized spacial score (nSPS) is 14.2. The van der Waals surface area contributed by atoms with Crippen LogP contribution in [0.2, 0.25) is 0 Å². The first kappa shape index (κ1) is 30.4. The molecule has 40 heavy (non-hydrogen) atoms. The summed E-state index contributed by atoms with van der Waals surface area (Å²) in [5.41, 5.74) is 2.00. The number of hydrogen-bond acceptors (Lipinski definition) is 5. The summed E-state index contributed by atoms with van der Waals surface area (Å²) in [6, 6.07) is 19.4. The minimum absolute atomic E-state index is 0.0240. The van der Waals surface area contributed by atoms with Crippen molar-refractivity contribution in [3.05, 3.63) is 89.7 Å². The number of benzene rings is 3. The molecule has 3 N–H and O–H groups in total. The molecule has 0 amide bonds. The predicted octanol–water partition coefficient (Wildman–Crippen LogP) is 5.42. The molecule has 0 unspecified atom stereocenters. The molecule has 1 saturated heterocycles. The van der Waals surface area contributed by atoms with Gasteiger partial charge in [-0.3, -0.25) is 4.72 Å². The number of carbonyl (C=O) groups is 2. The Hall–Kier alpha value is -4.13. The number of aliphatic carboxylic acids is 1. The van der Waals surface area contributed by atoms with E-state index in [0.29, 0.717) is 11.6 Å². The summed E-state index contributed by atoms with van der Waals surface area (Å²) < 4.78 is 72.7. The maximum Gasteiger partial charge on any atom is 0.490 e. The van der Waals surface area contributed by atoms with E-state index in [4.69, 9.17) is 9.90 Å². The van der Waals surface area contributed by atoms with Gasteiger partial charge in [-0.15, -0.1) is 0 Å². The van der Waals surface area contributed by atoms with E-state index in [1.165, 1.54) is 29.8 Å². The monoisotopic (exact) mass is 582 g/mol. The van der Waals surface area contributed by atoms with E-state index in [1.807, 2.05) is 23.1 Å². The second-order valence-electron chi connectivity index (χ2n) is 9.02. The Morgan fingerprint density at radius 3 is 2.10 bits per heavy atom. The van der Waals surface area contributed by atoms with Gasteiger partial charge in [0.2, 0.25) is 0 Å². The van der Waals surface area contributed by atoms with Gasteiger partial charge in [-0.1, -0.05) is 36.4 Å². The van der Waals surface area contributed by atoms with Crippen molar-refractivity contribution >= 4 is 33.3 Å². The van der Waals surface area contributed by atoms with E-state index < -0.39 is 34.0 Å². The lowest BCUT2D eigenvalue weighted by molar-refractivity contribution is -0.192. The maximum atomic E-state index is 13.4. The third kappa shape index (κ3) is 8.43. The highest BCUT2D eigenvalue weighted by atomic mass is 32.2. The van der Waals surface area contributed by atoms with Gasteiger partial charge in [0, 0.05) is 18.8 Å². The molecule has 13 heteroatoms. The van der Waals surface area contributed by atoms with Crippen molar-refractivity contribution in [2.75, 3.05) is 22.7 Å². The van der Waals surface area contributed by atoms with Crippen molar-refractivity contribution in [2.24, 2.45) is 5.92 Å². The maximum absolute atomic E-state index is 13.4. The quantitative estimate of drug-likeness (QED) is 0.318. The average Bonchev–Trinajstić information content (AvgIpc) is 2.89. The molecule has 3 aromatic rings. The Kier molecular flexibility index (Phi) is 9.74. The molecule has 0 spiro atoms. The van der Waals surface area contributed by atoms with Crippen LogP contribution in [0, 0.1) is 11.7 Å². The van der Waals surface area contributed by atoms with Gasteiger partial charge in [-0.25, -0.2) is 22.4 Å². The number of hydrogen-bond donors (Lipinski definition) is 3. The zero-order chi connectivity index (χ0) is 29.5. The lowest BCUT2D eigenvalue weighted by Gasteiger charge is -2.34. The molecule has 0 atom stereocenters. The van der Waals surface area contributed by atoms with Crippen molar-refractivity contribution in [1.82, 2.24) is 0 Å². The average molecular weight is 583 g/mol. The molecule has 0 aromatic heterocycles. The van der Waals surface area contributed by atoms with Crippen molar-refractivity contribution in [3.63, 3.8) is 0 Å². The number of halogens is 4. The van der Waals surface area contributed by atoms with Crippen LogP contribution < -0.4 is 9.62 Å². The lowest BCUT2D eigenvalue weighted by atomic mass is 9.90. The number of piperidine rings is 1. The van der Waals surface area contributed by atoms with Gasteiger partial charge in [0.1, 0.15) is 5.82 Å². The molecule has 1 heterocycles. The molecule has 0 bridgehead atoms. The fourth-order valence-corrected chi connectivity index (χ4v) is 5.30. The minimum atomic E-state index is -5.08. The number of carboxylic acids is 2. The Balaban J connectivity index is 0.000000559. The van der Waals surface area contributed by atoms with Crippen LogP contribution in [0.3, 0.4) is 0 Å². The number of nitrogens with one attached hydrogen (secondary N) is 1. The largest absolute Gasteiger partial charge is 0.490 e. The molecule has 4 rings (SSSR count). The Morgan fingerprint density at radius 1 is 0.925 bits per heavy atom. The molecule has 8 nitrogen and oxygen atoms in total. The highest BCUT2D eigenvalue weighted by Crippen LogP contribution is 2.31. The fourth-order valence-electron chi connectivity index (χ4n) is 4.22. The molecule has 214 valence electrons. The second-order valence-corrected chi connectivity index (χ2v) is 10.7. The summed E-state index contributed by atoms with van der Waals surface area (Å²) in [7, 11) is -4.05. The molecule has 0 aliphatic carbocycles. The first-order chi connectivity index (χ1) is 18.8. The number of anilines is 2. The number of nitrogens with zero attached hydrogens (tertiary/aromatic N) is 1. The van der Waals surface area contributed by atoms with Crippen LogP contribution in [-0.4, -0.2) is 49.8 Å². The second kappa shape index (κ2) is 12.8. The first-order valence-corrected chi connectivity index (χ1v) is 13.5. The summed E-state index contributed by atoms with van der Waals surface area (Å²) in [6.07, 6.45) is -2.19. The highest BCUT2D eigenvalue weighted by Gasteiger charge is 2.38. The summed E-state index contributed by atoms with van der Waals surface area (Å²) in [5.74, 6) is -4.03. The van der Waals surface area contributed by atoms with Gasteiger partial charge in [-0.2, -0.15) is 13.2 Å². The van der Waals surface area contributed by atoms with Crippen LogP contribution in [0.5, 0.6) is 0 Å². The van der Waals surface area contributed by atoms with Gasteiger partial charge in [0.15, 0.2) is 0 Å². The number of alkyl halides is 3. The molecule has 0 radical (unpaired) electrons. The smallest absolute Gasteiger partial charge is 0.478 e. The molecular weight excluding hydrogens is 556 g/mol. The SMILES string of the molecule is O=C(O)C(F)(F)F.O=C(O)c1cc(NS(=O)(=O)c2cccc(F)c2)ccc1N1CCC(Cc2ccccc2)CC1. The van der Waals surface area contributed by atoms with Gasteiger partial charge in [0.25, 0.3) is 10.0 Å². The van der Waals surface area contributed by atoms with Crippen LogP contribution in [0.15, 0.2) is 77.7 Å². The summed E-state index contributed by atoms with van der Waals surface area (Å²) in [4.78, 5) is 22.6. The van der Waals surface area contributed by atoms with E-state index in [-0.39, 0.29) is 16.1 Å². The Labute approximate surface area is 227 Å². The van der Waals surface area contributed by atoms with E-state index in [0.717, 1.165) is 44.5 Å². The third-order valence-corrected chi connectivity index (χ3v) is 7.53. The van der Waals surface area contributed by atoms with E-state index in [9.17, 15) is 35.9 Å². The van der Waals surface area contributed by atoms with Crippen LogP contribution in [0.25, 0.3) is 0 Å².